The minimum Gasteiger partial charge on any atom is -0.306 e. The summed E-state index contributed by atoms with van der Waals surface area (Å²) in [6.45, 7) is 6.11. The lowest BCUT2D eigenvalue weighted by Gasteiger charge is -2.04. The maximum absolute atomic E-state index is 4.55. The number of aromatic nitrogens is 2. The Balaban J connectivity index is 1.51. The number of nitrogens with zero attached hydrogens (tertiary/aromatic N) is 2. The number of hydrogen-bond donors (Lipinski definition) is 1. The van der Waals surface area contributed by atoms with Crippen LogP contribution in [0.1, 0.15) is 47.3 Å². The van der Waals surface area contributed by atoms with E-state index >= 15 is 0 Å². The van der Waals surface area contributed by atoms with Crippen molar-refractivity contribution in [3.05, 3.63) is 39.3 Å². The van der Waals surface area contributed by atoms with Gasteiger partial charge in [-0.25, -0.2) is 0 Å². The van der Waals surface area contributed by atoms with Crippen LogP contribution in [0.5, 0.6) is 0 Å². The van der Waals surface area contributed by atoms with Crippen molar-refractivity contribution in [2.24, 2.45) is 0 Å². The molecule has 0 radical (unpaired) electrons. The van der Waals surface area contributed by atoms with Gasteiger partial charge in [0.2, 0.25) is 0 Å². The van der Waals surface area contributed by atoms with Crippen molar-refractivity contribution in [1.82, 2.24) is 15.1 Å². The maximum Gasteiger partial charge on any atom is 0.0762 e. The molecule has 19 heavy (non-hydrogen) atoms. The van der Waals surface area contributed by atoms with Crippen LogP contribution in [0.4, 0.5) is 0 Å². The third-order valence-electron chi connectivity index (χ3n) is 3.60. The van der Waals surface area contributed by atoms with Crippen molar-refractivity contribution in [3.63, 3.8) is 0 Å². The molecule has 3 rings (SSSR count). The highest BCUT2D eigenvalue weighted by molar-refractivity contribution is 7.12. The average molecular weight is 275 g/mol. The second-order valence-corrected chi connectivity index (χ2v) is 6.72. The zero-order valence-corrected chi connectivity index (χ0v) is 12.5. The van der Waals surface area contributed by atoms with Crippen molar-refractivity contribution >= 4 is 11.3 Å². The number of hydrogen-bond acceptors (Lipinski definition) is 3. The molecule has 0 fully saturated rings. The first-order chi connectivity index (χ1) is 9.22. The van der Waals surface area contributed by atoms with Crippen LogP contribution in [0, 0.1) is 0 Å². The molecule has 0 amide bonds. The fourth-order valence-electron chi connectivity index (χ4n) is 2.55. The summed E-state index contributed by atoms with van der Waals surface area (Å²) >= 11 is 1.98. The average Bonchev–Trinajstić information content (AvgIpc) is 3.02. The van der Waals surface area contributed by atoms with Gasteiger partial charge in [0.05, 0.1) is 5.69 Å². The molecule has 0 spiro atoms. The summed E-state index contributed by atoms with van der Waals surface area (Å²) in [5, 5.41) is 8.04. The largest absolute Gasteiger partial charge is 0.306 e. The van der Waals surface area contributed by atoms with Crippen LogP contribution in [-0.2, 0) is 25.9 Å². The third-order valence-corrected chi connectivity index (χ3v) is 4.83. The Kier molecular flexibility index (Phi) is 3.71. The quantitative estimate of drug-likeness (QED) is 0.907. The van der Waals surface area contributed by atoms with Crippen LogP contribution in [0.25, 0.3) is 0 Å². The first kappa shape index (κ1) is 12.9. The van der Waals surface area contributed by atoms with Gasteiger partial charge in [0.1, 0.15) is 0 Å². The van der Waals surface area contributed by atoms with Gasteiger partial charge in [-0.05, 0) is 50.8 Å². The smallest absolute Gasteiger partial charge is 0.0762 e. The minimum atomic E-state index is 0.439. The van der Waals surface area contributed by atoms with E-state index in [1.165, 1.54) is 24.1 Å². The Hall–Kier alpha value is -1.13. The Morgan fingerprint density at radius 1 is 1.37 bits per heavy atom. The van der Waals surface area contributed by atoms with Crippen molar-refractivity contribution < 1.29 is 0 Å². The van der Waals surface area contributed by atoms with Gasteiger partial charge in [-0.2, -0.15) is 5.10 Å². The molecular weight excluding hydrogens is 254 g/mol. The molecule has 1 aliphatic carbocycles. The summed E-state index contributed by atoms with van der Waals surface area (Å²) < 4.78 is 2.01. The first-order valence-corrected chi connectivity index (χ1v) is 7.89. The SMILES string of the molecule is CC(C)n1ccc(CNCc2cc3c(s2)CCC3)n1. The van der Waals surface area contributed by atoms with Gasteiger partial charge in [-0.1, -0.05) is 0 Å². The summed E-state index contributed by atoms with van der Waals surface area (Å²) in [5.74, 6) is 0. The number of thiophene rings is 1. The Morgan fingerprint density at radius 2 is 2.26 bits per heavy atom. The molecule has 0 atom stereocenters. The van der Waals surface area contributed by atoms with Gasteiger partial charge in [0, 0.05) is 35.1 Å². The molecule has 0 saturated heterocycles. The van der Waals surface area contributed by atoms with E-state index in [2.05, 4.69) is 42.6 Å². The van der Waals surface area contributed by atoms with Crippen LogP contribution < -0.4 is 5.32 Å². The predicted molar refractivity (Wildman–Crippen MR) is 79.5 cm³/mol. The molecule has 102 valence electrons. The topological polar surface area (TPSA) is 29.9 Å². The van der Waals surface area contributed by atoms with Crippen LogP contribution in [0.2, 0.25) is 0 Å². The van der Waals surface area contributed by atoms with Gasteiger partial charge >= 0.3 is 0 Å². The highest BCUT2D eigenvalue weighted by Gasteiger charge is 2.14. The number of rotatable bonds is 5. The molecular formula is C15H21N3S. The van der Waals surface area contributed by atoms with Gasteiger partial charge < -0.3 is 5.32 Å². The van der Waals surface area contributed by atoms with Gasteiger partial charge in [-0.15, -0.1) is 11.3 Å². The summed E-state index contributed by atoms with van der Waals surface area (Å²) in [6, 6.07) is 4.92. The normalized spacial score (nSPS) is 14.3. The lowest BCUT2D eigenvalue weighted by Crippen LogP contribution is -2.13. The summed E-state index contributed by atoms with van der Waals surface area (Å²) in [5.41, 5.74) is 2.71. The van der Waals surface area contributed by atoms with E-state index < -0.39 is 0 Å². The fourth-order valence-corrected chi connectivity index (χ4v) is 3.78. The second kappa shape index (κ2) is 5.47. The maximum atomic E-state index is 4.55. The second-order valence-electron chi connectivity index (χ2n) is 5.50. The first-order valence-electron chi connectivity index (χ1n) is 7.07. The zero-order chi connectivity index (χ0) is 13.2. The highest BCUT2D eigenvalue weighted by atomic mass is 32.1. The summed E-state index contributed by atoms with van der Waals surface area (Å²) in [6.07, 6.45) is 5.98. The lowest BCUT2D eigenvalue weighted by molar-refractivity contribution is 0.521. The molecule has 0 unspecified atom stereocenters. The van der Waals surface area contributed by atoms with E-state index in [-0.39, 0.29) is 0 Å². The molecule has 1 aliphatic rings. The van der Waals surface area contributed by atoms with Crippen molar-refractivity contribution in [1.29, 1.82) is 0 Å². The minimum absolute atomic E-state index is 0.439. The molecule has 4 heteroatoms. The molecule has 2 aromatic heterocycles. The number of fused-ring (bicyclic) bond motifs is 1. The van der Waals surface area contributed by atoms with Crippen LogP contribution in [-0.4, -0.2) is 9.78 Å². The molecule has 3 nitrogen and oxygen atoms in total. The van der Waals surface area contributed by atoms with E-state index in [4.69, 9.17) is 0 Å². The molecule has 1 N–H and O–H groups in total. The standard InChI is InChI=1S/C15H21N3S/c1-11(2)18-7-6-13(17-18)9-16-10-14-8-12-4-3-5-15(12)19-14/h6-8,11,16H,3-5,9-10H2,1-2H3. The van der Waals surface area contributed by atoms with Crippen molar-refractivity contribution in [2.75, 3.05) is 0 Å². The van der Waals surface area contributed by atoms with Gasteiger partial charge in [0.15, 0.2) is 0 Å². The number of nitrogens with one attached hydrogen (secondary N) is 1. The van der Waals surface area contributed by atoms with Crippen molar-refractivity contribution in [2.45, 2.75) is 52.2 Å². The Bertz CT molecular complexity index is 532. The molecule has 2 heterocycles. The third kappa shape index (κ3) is 2.90. The molecule has 2 aromatic rings. The summed E-state index contributed by atoms with van der Waals surface area (Å²) in [7, 11) is 0. The van der Waals surface area contributed by atoms with Crippen LogP contribution in [0.3, 0.4) is 0 Å². The lowest BCUT2D eigenvalue weighted by atomic mass is 10.2. The molecule has 0 aromatic carbocycles. The Labute approximate surface area is 118 Å². The highest BCUT2D eigenvalue weighted by Crippen LogP contribution is 2.30. The number of aryl methyl sites for hydroxylation is 2. The fraction of sp³-hybridized carbons (Fsp3) is 0.533. The van der Waals surface area contributed by atoms with Crippen LogP contribution >= 0.6 is 11.3 Å². The zero-order valence-electron chi connectivity index (χ0n) is 11.6. The van der Waals surface area contributed by atoms with Crippen LogP contribution in [0.15, 0.2) is 18.3 Å². The van der Waals surface area contributed by atoms with E-state index in [1.807, 2.05) is 16.0 Å². The van der Waals surface area contributed by atoms with Crippen molar-refractivity contribution in [3.8, 4) is 0 Å². The molecule has 0 aliphatic heterocycles. The molecule has 0 bridgehead atoms. The van der Waals surface area contributed by atoms with E-state index in [0.717, 1.165) is 18.8 Å². The van der Waals surface area contributed by atoms with E-state index in [0.29, 0.717) is 6.04 Å². The molecule has 0 saturated carbocycles. The van der Waals surface area contributed by atoms with E-state index in [9.17, 15) is 0 Å². The van der Waals surface area contributed by atoms with Gasteiger partial charge in [-0.3, -0.25) is 4.68 Å². The monoisotopic (exact) mass is 275 g/mol. The summed E-state index contributed by atoms with van der Waals surface area (Å²) in [4.78, 5) is 3.08. The predicted octanol–water partition coefficient (Wildman–Crippen LogP) is 3.30. The Morgan fingerprint density at radius 3 is 3.00 bits per heavy atom. The van der Waals surface area contributed by atoms with Gasteiger partial charge in [0.25, 0.3) is 0 Å². The van der Waals surface area contributed by atoms with E-state index in [1.54, 1.807) is 10.4 Å².